The molecular weight excluding hydrogens is 296 g/mol. The van der Waals surface area contributed by atoms with Crippen molar-refractivity contribution in [3.63, 3.8) is 0 Å². The molecule has 0 N–H and O–H groups in total. The fourth-order valence-electron chi connectivity index (χ4n) is 1.99. The van der Waals surface area contributed by atoms with Crippen LogP contribution in [0.3, 0.4) is 0 Å². The number of carbonyl (C=O) groups excluding carboxylic acids is 1. The average molecular weight is 324 g/mol. The summed E-state index contributed by atoms with van der Waals surface area (Å²) in [4.78, 5) is 11.7. The number of hydrogen-bond donors (Lipinski definition) is 0. The largest absolute Gasteiger partial charge is 0.311 e. The molecule has 1 saturated heterocycles. The highest BCUT2D eigenvalue weighted by molar-refractivity contribution is 8.02. The minimum atomic E-state index is -3.37. The van der Waals surface area contributed by atoms with Crippen LogP contribution in [-0.4, -0.2) is 31.5 Å². The zero-order valence-corrected chi connectivity index (χ0v) is 14.4. The maximum atomic E-state index is 11.8. The molecule has 0 aliphatic carbocycles. The molecule has 4 nitrogen and oxygen atoms in total. The summed E-state index contributed by atoms with van der Waals surface area (Å²) < 4.78 is 28.7. The van der Waals surface area contributed by atoms with Crippen molar-refractivity contribution in [3.05, 3.63) is 0 Å². The van der Waals surface area contributed by atoms with Crippen molar-refractivity contribution in [2.45, 2.75) is 59.3 Å². The van der Waals surface area contributed by atoms with E-state index in [9.17, 15) is 13.2 Å². The summed E-state index contributed by atoms with van der Waals surface area (Å²) in [5, 5.41) is 0. The summed E-state index contributed by atoms with van der Waals surface area (Å²) in [6.07, 6.45) is 4.79. The van der Waals surface area contributed by atoms with Crippen molar-refractivity contribution in [1.29, 1.82) is 0 Å². The smallest absolute Gasteiger partial charge is 0.299 e. The first-order valence-electron chi connectivity index (χ1n) is 7.34. The van der Waals surface area contributed by atoms with E-state index < -0.39 is 10.1 Å². The van der Waals surface area contributed by atoms with Gasteiger partial charge in [0.1, 0.15) is 17.3 Å². The van der Waals surface area contributed by atoms with Gasteiger partial charge in [0.25, 0.3) is 0 Å². The predicted octanol–water partition coefficient (Wildman–Crippen LogP) is 2.84. The first-order chi connectivity index (χ1) is 9.21. The maximum Gasteiger partial charge on any atom is 0.311 e. The molecule has 0 radical (unpaired) electrons. The van der Waals surface area contributed by atoms with Gasteiger partial charge in [0.05, 0.1) is 5.75 Å². The molecule has 1 rings (SSSR count). The number of ketones is 1. The molecule has 1 fully saturated rings. The van der Waals surface area contributed by atoms with Crippen molar-refractivity contribution in [3.8, 4) is 0 Å². The fourth-order valence-corrected chi connectivity index (χ4v) is 5.80. The highest BCUT2D eigenvalue weighted by Crippen LogP contribution is 2.20. The third-order valence-electron chi connectivity index (χ3n) is 3.33. The van der Waals surface area contributed by atoms with Gasteiger partial charge in [-0.15, -0.1) is 0 Å². The second-order valence-electron chi connectivity index (χ2n) is 6.37. The number of carbonyl (C=O) groups is 1. The standard InChI is InChI=1S/C14H27O4S2/c1-14(2,3)13(15)9-5-4-8-12-20(16,17)18-19-10-6-7-11-19/h4-12H2,1-3H3/q+1. The monoisotopic (exact) mass is 323 g/mol. The topological polar surface area (TPSA) is 60.4 Å². The zero-order chi connectivity index (χ0) is 15.2. The van der Waals surface area contributed by atoms with Gasteiger partial charge in [0, 0.05) is 11.8 Å². The molecule has 118 valence electrons. The molecule has 0 aromatic rings. The molecule has 0 amide bonds. The number of hydrogen-bond acceptors (Lipinski definition) is 4. The lowest BCUT2D eigenvalue weighted by molar-refractivity contribution is -0.126. The summed E-state index contributed by atoms with van der Waals surface area (Å²) in [6.45, 7) is 5.74. The van der Waals surface area contributed by atoms with Crippen LogP contribution in [0.25, 0.3) is 0 Å². The Labute approximate surface area is 126 Å². The van der Waals surface area contributed by atoms with E-state index in [4.69, 9.17) is 3.63 Å². The second-order valence-corrected chi connectivity index (χ2v) is 10.1. The van der Waals surface area contributed by atoms with E-state index in [0.29, 0.717) is 12.8 Å². The Morgan fingerprint density at radius 3 is 2.25 bits per heavy atom. The SMILES string of the molecule is CC(C)(C)C(=O)CCCCCS(=O)(=O)O[S+]1CCCC1. The quantitative estimate of drug-likeness (QED) is 0.509. The molecule has 0 saturated carbocycles. The van der Waals surface area contributed by atoms with Crippen molar-refractivity contribution in [2.75, 3.05) is 17.3 Å². The van der Waals surface area contributed by atoms with Crippen LogP contribution in [0.1, 0.15) is 59.3 Å². The molecule has 0 bridgehead atoms. The van der Waals surface area contributed by atoms with E-state index in [0.717, 1.165) is 37.2 Å². The van der Waals surface area contributed by atoms with Gasteiger partial charge in [-0.25, -0.2) is 0 Å². The van der Waals surface area contributed by atoms with Crippen LogP contribution >= 0.6 is 0 Å². The molecule has 0 aromatic heterocycles. The summed E-state index contributed by atoms with van der Waals surface area (Å²) in [5.74, 6) is 2.10. The predicted molar refractivity (Wildman–Crippen MR) is 84.1 cm³/mol. The highest BCUT2D eigenvalue weighted by Gasteiger charge is 2.32. The Morgan fingerprint density at radius 1 is 1.10 bits per heavy atom. The Kier molecular flexibility index (Phi) is 7.01. The Bertz CT molecular complexity index is 403. The van der Waals surface area contributed by atoms with Gasteiger partial charge in [-0.2, -0.15) is 8.42 Å². The number of unbranched alkanes of at least 4 members (excludes halogenated alkanes) is 2. The molecule has 1 aliphatic rings. The third-order valence-corrected chi connectivity index (χ3v) is 7.20. The summed E-state index contributed by atoms with van der Waals surface area (Å²) >= 11 is -0.365. The lowest BCUT2D eigenvalue weighted by atomic mass is 9.88. The molecular formula is C14H27O4S2+. The van der Waals surface area contributed by atoms with Crippen molar-refractivity contribution in [2.24, 2.45) is 5.41 Å². The van der Waals surface area contributed by atoms with Crippen LogP contribution in [0, 0.1) is 5.41 Å². The summed E-state index contributed by atoms with van der Waals surface area (Å²) in [7, 11) is -3.37. The normalized spacial score (nSPS) is 17.6. The zero-order valence-electron chi connectivity index (χ0n) is 12.8. The van der Waals surface area contributed by atoms with Gasteiger partial charge in [-0.05, 0) is 29.3 Å². The van der Waals surface area contributed by atoms with Crippen molar-refractivity contribution >= 4 is 27.1 Å². The third kappa shape index (κ3) is 7.09. The van der Waals surface area contributed by atoms with Gasteiger partial charge < -0.3 is 0 Å². The molecule has 20 heavy (non-hydrogen) atoms. The van der Waals surface area contributed by atoms with Crippen LogP contribution < -0.4 is 0 Å². The minimum Gasteiger partial charge on any atom is -0.299 e. The molecule has 1 aliphatic heterocycles. The van der Waals surface area contributed by atoms with Crippen LogP contribution in [0.2, 0.25) is 0 Å². The molecule has 0 unspecified atom stereocenters. The van der Waals surface area contributed by atoms with Crippen LogP contribution in [0.5, 0.6) is 0 Å². The fraction of sp³-hybridized carbons (Fsp3) is 0.929. The van der Waals surface area contributed by atoms with E-state index in [1.807, 2.05) is 20.8 Å². The molecule has 0 aromatic carbocycles. The lowest BCUT2D eigenvalue weighted by Gasteiger charge is -2.15. The van der Waals surface area contributed by atoms with Crippen LogP contribution in [-0.2, 0) is 29.7 Å². The summed E-state index contributed by atoms with van der Waals surface area (Å²) in [6, 6.07) is 0. The minimum absolute atomic E-state index is 0.0835. The number of rotatable bonds is 8. The van der Waals surface area contributed by atoms with Gasteiger partial charge in [-0.3, -0.25) is 4.79 Å². The molecule has 1 heterocycles. The van der Waals surface area contributed by atoms with E-state index in [1.54, 1.807) is 0 Å². The highest BCUT2D eigenvalue weighted by atomic mass is 32.3. The first-order valence-corrected chi connectivity index (χ1v) is 10.4. The van der Waals surface area contributed by atoms with Crippen LogP contribution in [0.4, 0.5) is 0 Å². The number of Topliss-reactive ketones (excluding diaryl/α,β-unsaturated/α-hetero) is 1. The van der Waals surface area contributed by atoms with E-state index in [-0.39, 0.29) is 28.1 Å². The van der Waals surface area contributed by atoms with E-state index >= 15 is 0 Å². The van der Waals surface area contributed by atoms with E-state index in [1.165, 1.54) is 0 Å². The molecule has 6 heteroatoms. The Balaban J connectivity index is 2.15. The van der Waals surface area contributed by atoms with Crippen LogP contribution in [0.15, 0.2) is 0 Å². The van der Waals surface area contributed by atoms with Crippen molar-refractivity contribution < 1.29 is 16.8 Å². The van der Waals surface area contributed by atoms with Gasteiger partial charge in [0.2, 0.25) is 0 Å². The van der Waals surface area contributed by atoms with Gasteiger partial charge in [-0.1, -0.05) is 27.2 Å². The first kappa shape index (κ1) is 18.0. The molecule has 0 spiro atoms. The second kappa shape index (κ2) is 7.80. The van der Waals surface area contributed by atoms with Crippen molar-refractivity contribution in [1.82, 2.24) is 0 Å². The average Bonchev–Trinajstić information content (AvgIpc) is 2.78. The summed E-state index contributed by atoms with van der Waals surface area (Å²) in [5.41, 5.74) is -0.293. The van der Waals surface area contributed by atoms with E-state index in [2.05, 4.69) is 0 Å². The maximum absolute atomic E-state index is 11.8. The lowest BCUT2D eigenvalue weighted by Crippen LogP contribution is -2.20. The van der Waals surface area contributed by atoms with Gasteiger partial charge in [0.15, 0.2) is 11.2 Å². The van der Waals surface area contributed by atoms with Gasteiger partial charge >= 0.3 is 10.1 Å². The Morgan fingerprint density at radius 2 is 1.70 bits per heavy atom. The molecule has 0 atom stereocenters. The Hall–Kier alpha value is -0.0700.